The summed E-state index contributed by atoms with van der Waals surface area (Å²) in [6.45, 7) is 6.54. The Kier molecular flexibility index (Phi) is 3.39. The van der Waals surface area contributed by atoms with Gasteiger partial charge in [0.25, 0.3) is 0 Å². The van der Waals surface area contributed by atoms with Crippen molar-refractivity contribution in [2.45, 2.75) is 52.1 Å². The smallest absolute Gasteiger partial charge is 0.163 e. The van der Waals surface area contributed by atoms with E-state index in [4.69, 9.17) is 0 Å². The van der Waals surface area contributed by atoms with E-state index < -0.39 is 0 Å². The fraction of sp³-hybridized carbons (Fsp3) is 0.667. The van der Waals surface area contributed by atoms with Gasteiger partial charge in [0.05, 0.1) is 6.20 Å². The van der Waals surface area contributed by atoms with Crippen LogP contribution < -0.4 is 5.43 Å². The summed E-state index contributed by atoms with van der Waals surface area (Å²) in [7, 11) is 0. The quantitative estimate of drug-likeness (QED) is 0.830. The molecule has 1 aromatic rings. The lowest BCUT2D eigenvalue weighted by atomic mass is 10.00. The monoisotopic (exact) mass is 220 g/mol. The van der Waals surface area contributed by atoms with Gasteiger partial charge in [0.15, 0.2) is 5.82 Å². The number of aryl methyl sites for hydroxylation is 1. The topological polar surface area (TPSA) is 41.1 Å². The molecule has 16 heavy (non-hydrogen) atoms. The highest BCUT2D eigenvalue weighted by atomic mass is 15.6. The van der Waals surface area contributed by atoms with Gasteiger partial charge >= 0.3 is 0 Å². The van der Waals surface area contributed by atoms with Crippen LogP contribution in [0.15, 0.2) is 12.3 Å². The zero-order chi connectivity index (χ0) is 11.5. The largest absolute Gasteiger partial charge is 0.301 e. The second-order valence-electron chi connectivity index (χ2n) is 4.77. The first kappa shape index (κ1) is 11.3. The average Bonchev–Trinajstić information content (AvgIpc) is 2.24. The molecular formula is C12H20N4. The molecule has 0 saturated carbocycles. The van der Waals surface area contributed by atoms with Crippen molar-refractivity contribution in [3.05, 3.63) is 17.8 Å². The molecule has 88 valence electrons. The van der Waals surface area contributed by atoms with E-state index in [1.807, 2.05) is 13.0 Å². The molecule has 0 bridgehead atoms. The van der Waals surface area contributed by atoms with Gasteiger partial charge in [-0.3, -0.25) is 0 Å². The van der Waals surface area contributed by atoms with Crippen LogP contribution in [0.25, 0.3) is 0 Å². The lowest BCUT2D eigenvalue weighted by Crippen LogP contribution is -2.47. The Morgan fingerprint density at radius 1 is 1.31 bits per heavy atom. The molecule has 0 amide bonds. The van der Waals surface area contributed by atoms with Crippen molar-refractivity contribution in [2.75, 3.05) is 5.43 Å². The number of rotatable bonds is 2. The minimum Gasteiger partial charge on any atom is -0.301 e. The molecule has 1 aliphatic heterocycles. The maximum Gasteiger partial charge on any atom is 0.163 e. The van der Waals surface area contributed by atoms with Crippen molar-refractivity contribution in [3.8, 4) is 0 Å². The Morgan fingerprint density at radius 2 is 2.00 bits per heavy atom. The molecule has 2 atom stereocenters. The SMILES string of the molecule is Cc1cnnc(NN2C(C)CCCC2C)c1. The number of hydrogen-bond acceptors (Lipinski definition) is 4. The lowest BCUT2D eigenvalue weighted by molar-refractivity contribution is 0.135. The van der Waals surface area contributed by atoms with Crippen molar-refractivity contribution in [2.24, 2.45) is 0 Å². The highest BCUT2D eigenvalue weighted by Crippen LogP contribution is 2.22. The highest BCUT2D eigenvalue weighted by Gasteiger charge is 2.24. The summed E-state index contributed by atoms with van der Waals surface area (Å²) >= 11 is 0. The summed E-state index contributed by atoms with van der Waals surface area (Å²) in [5.41, 5.74) is 4.52. The van der Waals surface area contributed by atoms with Gasteiger partial charge in [-0.2, -0.15) is 5.10 Å². The molecule has 4 heteroatoms. The minimum atomic E-state index is 0.561. The molecule has 4 nitrogen and oxygen atoms in total. The van der Waals surface area contributed by atoms with Crippen LogP contribution in [-0.4, -0.2) is 27.3 Å². The number of hydrogen-bond donors (Lipinski definition) is 1. The van der Waals surface area contributed by atoms with Crippen LogP contribution in [0.2, 0.25) is 0 Å². The molecule has 0 radical (unpaired) electrons. The summed E-state index contributed by atoms with van der Waals surface area (Å²) in [6, 6.07) is 3.15. The van der Waals surface area contributed by atoms with Crippen molar-refractivity contribution < 1.29 is 0 Å². The maximum absolute atomic E-state index is 4.10. The Hall–Kier alpha value is -1.16. The number of nitrogens with zero attached hydrogens (tertiary/aromatic N) is 3. The first-order chi connectivity index (χ1) is 7.66. The molecule has 1 aliphatic rings. The molecule has 0 aliphatic carbocycles. The lowest BCUT2D eigenvalue weighted by Gasteiger charge is -2.38. The van der Waals surface area contributed by atoms with Crippen LogP contribution in [0, 0.1) is 6.92 Å². The molecule has 0 aromatic carbocycles. The van der Waals surface area contributed by atoms with E-state index in [1.54, 1.807) is 6.20 Å². The molecule has 1 fully saturated rings. The van der Waals surface area contributed by atoms with Gasteiger partial charge in [0, 0.05) is 12.1 Å². The van der Waals surface area contributed by atoms with Gasteiger partial charge in [0.2, 0.25) is 0 Å². The predicted molar refractivity (Wildman–Crippen MR) is 65.0 cm³/mol. The van der Waals surface area contributed by atoms with Crippen molar-refractivity contribution in [1.29, 1.82) is 0 Å². The summed E-state index contributed by atoms with van der Waals surface area (Å²) in [4.78, 5) is 0. The number of piperidine rings is 1. The van der Waals surface area contributed by atoms with Gasteiger partial charge in [-0.1, -0.05) is 6.42 Å². The average molecular weight is 220 g/mol. The van der Waals surface area contributed by atoms with Gasteiger partial charge < -0.3 is 5.43 Å². The Morgan fingerprint density at radius 3 is 2.62 bits per heavy atom. The van der Waals surface area contributed by atoms with Gasteiger partial charge in [-0.15, -0.1) is 5.10 Å². The molecule has 0 spiro atoms. The third-order valence-electron chi connectivity index (χ3n) is 3.23. The van der Waals surface area contributed by atoms with Crippen LogP contribution in [0.4, 0.5) is 5.82 Å². The zero-order valence-electron chi connectivity index (χ0n) is 10.3. The van der Waals surface area contributed by atoms with Gasteiger partial charge in [-0.05, 0) is 45.2 Å². The van der Waals surface area contributed by atoms with Crippen LogP contribution >= 0.6 is 0 Å². The predicted octanol–water partition coefficient (Wildman–Crippen LogP) is 2.37. The Bertz CT molecular complexity index is 343. The molecule has 1 aromatic heterocycles. The third kappa shape index (κ3) is 2.50. The number of aromatic nitrogens is 2. The molecule has 2 rings (SSSR count). The zero-order valence-corrected chi connectivity index (χ0v) is 10.3. The van der Waals surface area contributed by atoms with E-state index in [9.17, 15) is 0 Å². The molecule has 2 unspecified atom stereocenters. The van der Waals surface area contributed by atoms with Crippen molar-refractivity contribution in [3.63, 3.8) is 0 Å². The number of nitrogens with one attached hydrogen (secondary N) is 1. The fourth-order valence-electron chi connectivity index (χ4n) is 2.29. The highest BCUT2D eigenvalue weighted by molar-refractivity contribution is 5.34. The third-order valence-corrected chi connectivity index (χ3v) is 3.23. The van der Waals surface area contributed by atoms with E-state index in [2.05, 4.69) is 34.5 Å². The van der Waals surface area contributed by atoms with Gasteiger partial charge in [0.1, 0.15) is 0 Å². The van der Waals surface area contributed by atoms with Crippen LogP contribution in [0.5, 0.6) is 0 Å². The molecule has 1 N–H and O–H groups in total. The van der Waals surface area contributed by atoms with Crippen LogP contribution in [0.3, 0.4) is 0 Å². The van der Waals surface area contributed by atoms with Gasteiger partial charge in [-0.25, -0.2) is 5.01 Å². The van der Waals surface area contributed by atoms with E-state index >= 15 is 0 Å². The molecule has 2 heterocycles. The fourth-order valence-corrected chi connectivity index (χ4v) is 2.29. The maximum atomic E-state index is 4.10. The first-order valence-electron chi connectivity index (χ1n) is 6.01. The number of anilines is 1. The minimum absolute atomic E-state index is 0.561. The molecule has 1 saturated heterocycles. The standard InChI is InChI=1S/C12H20N4/c1-9-7-12(14-13-8-9)15-16-10(2)5-4-6-11(16)3/h7-8,10-11H,4-6H2,1-3H3,(H,14,15). The normalized spacial score (nSPS) is 26.7. The summed E-state index contributed by atoms with van der Waals surface area (Å²) in [5, 5.41) is 10.4. The van der Waals surface area contributed by atoms with Crippen molar-refractivity contribution in [1.82, 2.24) is 15.2 Å². The van der Waals surface area contributed by atoms with Crippen LogP contribution in [0.1, 0.15) is 38.7 Å². The van der Waals surface area contributed by atoms with E-state index in [-0.39, 0.29) is 0 Å². The van der Waals surface area contributed by atoms with E-state index in [0.717, 1.165) is 11.4 Å². The first-order valence-corrected chi connectivity index (χ1v) is 6.01. The second kappa shape index (κ2) is 4.78. The summed E-state index contributed by atoms with van der Waals surface area (Å²) in [5.74, 6) is 0.848. The summed E-state index contributed by atoms with van der Waals surface area (Å²) < 4.78 is 0. The van der Waals surface area contributed by atoms with E-state index in [0.29, 0.717) is 12.1 Å². The number of hydrazine groups is 1. The second-order valence-corrected chi connectivity index (χ2v) is 4.77. The van der Waals surface area contributed by atoms with Crippen molar-refractivity contribution >= 4 is 5.82 Å². The Labute approximate surface area is 97.0 Å². The van der Waals surface area contributed by atoms with Crippen LogP contribution in [-0.2, 0) is 0 Å². The van der Waals surface area contributed by atoms with E-state index in [1.165, 1.54) is 19.3 Å². The Balaban J connectivity index is 2.07. The summed E-state index contributed by atoms with van der Waals surface area (Å²) in [6.07, 6.45) is 5.58. The molecular weight excluding hydrogens is 200 g/mol.